The summed E-state index contributed by atoms with van der Waals surface area (Å²) in [6, 6.07) is 16.0. The molecule has 0 saturated heterocycles. The van der Waals surface area contributed by atoms with Crippen LogP contribution in [0.15, 0.2) is 67.3 Å². The molecular formula is C22H17N5O. The van der Waals surface area contributed by atoms with E-state index in [0.29, 0.717) is 17.3 Å². The maximum Gasteiger partial charge on any atom is 0.233 e. The zero-order valence-corrected chi connectivity index (χ0v) is 15.5. The van der Waals surface area contributed by atoms with Gasteiger partial charge in [0, 0.05) is 11.6 Å². The number of aryl methyl sites for hydroxylation is 2. The lowest BCUT2D eigenvalue weighted by atomic mass is 10.1. The number of hydrogen-bond acceptors (Lipinski definition) is 5. The van der Waals surface area contributed by atoms with Gasteiger partial charge in [-0.1, -0.05) is 35.9 Å². The highest BCUT2D eigenvalue weighted by molar-refractivity contribution is 5.86. The molecule has 3 heterocycles. The van der Waals surface area contributed by atoms with Crippen molar-refractivity contribution in [1.82, 2.24) is 24.7 Å². The Hall–Kier alpha value is -3.80. The second-order valence-electron chi connectivity index (χ2n) is 6.70. The Morgan fingerprint density at radius 3 is 2.71 bits per heavy atom. The number of ether oxygens (including phenoxy) is 1. The number of nitrogens with zero attached hydrogens (tertiary/aromatic N) is 5. The second-order valence-corrected chi connectivity index (χ2v) is 6.70. The SMILES string of the molecule is Cc1ccc(-n2ncc3c(Oc4cccc5cccnc45)ncnc32)c(C)c1. The molecule has 0 fully saturated rings. The largest absolute Gasteiger partial charge is 0.436 e. The van der Waals surface area contributed by atoms with Crippen LogP contribution in [0.1, 0.15) is 11.1 Å². The van der Waals surface area contributed by atoms with Gasteiger partial charge in [0.2, 0.25) is 5.88 Å². The van der Waals surface area contributed by atoms with E-state index in [-0.39, 0.29) is 0 Å². The van der Waals surface area contributed by atoms with Gasteiger partial charge in [0.05, 0.1) is 11.9 Å². The van der Waals surface area contributed by atoms with Gasteiger partial charge in [0.1, 0.15) is 17.2 Å². The van der Waals surface area contributed by atoms with Crippen LogP contribution in [0.4, 0.5) is 0 Å². The number of hydrogen-bond donors (Lipinski definition) is 0. The molecule has 5 aromatic rings. The smallest absolute Gasteiger partial charge is 0.233 e. The van der Waals surface area contributed by atoms with E-state index in [2.05, 4.69) is 46.0 Å². The molecular weight excluding hydrogens is 350 g/mol. The molecule has 0 atom stereocenters. The van der Waals surface area contributed by atoms with E-state index in [1.807, 2.05) is 41.1 Å². The minimum atomic E-state index is 0.458. The predicted octanol–water partition coefficient (Wildman–Crippen LogP) is 4.77. The van der Waals surface area contributed by atoms with Gasteiger partial charge in [-0.2, -0.15) is 5.10 Å². The summed E-state index contributed by atoms with van der Waals surface area (Å²) in [4.78, 5) is 13.2. The lowest BCUT2D eigenvalue weighted by Crippen LogP contribution is -2.01. The lowest BCUT2D eigenvalue weighted by molar-refractivity contribution is 0.472. The summed E-state index contributed by atoms with van der Waals surface area (Å²) in [6.45, 7) is 4.14. The van der Waals surface area contributed by atoms with Crippen molar-refractivity contribution >= 4 is 21.9 Å². The monoisotopic (exact) mass is 367 g/mol. The fourth-order valence-electron chi connectivity index (χ4n) is 3.39. The van der Waals surface area contributed by atoms with Crippen LogP contribution in [0.5, 0.6) is 11.6 Å². The number of rotatable bonds is 3. The predicted molar refractivity (Wildman–Crippen MR) is 108 cm³/mol. The molecule has 0 bridgehead atoms. The highest BCUT2D eigenvalue weighted by Gasteiger charge is 2.15. The van der Waals surface area contributed by atoms with Gasteiger partial charge in [-0.15, -0.1) is 0 Å². The summed E-state index contributed by atoms with van der Waals surface area (Å²) >= 11 is 0. The summed E-state index contributed by atoms with van der Waals surface area (Å²) in [5.41, 5.74) is 4.81. The number of pyridine rings is 1. The van der Waals surface area contributed by atoms with Crippen LogP contribution < -0.4 is 4.74 Å². The Bertz CT molecular complexity index is 1320. The molecule has 28 heavy (non-hydrogen) atoms. The third kappa shape index (κ3) is 2.66. The molecule has 0 saturated carbocycles. The Balaban J connectivity index is 1.63. The summed E-state index contributed by atoms with van der Waals surface area (Å²) in [5, 5.41) is 6.30. The molecule has 0 unspecified atom stereocenters. The average Bonchev–Trinajstić information content (AvgIpc) is 3.13. The Morgan fingerprint density at radius 2 is 1.82 bits per heavy atom. The number of benzene rings is 2. The molecule has 6 heteroatoms. The first kappa shape index (κ1) is 16.4. The normalized spacial score (nSPS) is 11.2. The number of para-hydroxylation sites is 1. The Kier molecular flexibility index (Phi) is 3.76. The van der Waals surface area contributed by atoms with Crippen LogP contribution in [0, 0.1) is 13.8 Å². The first-order chi connectivity index (χ1) is 13.7. The minimum Gasteiger partial charge on any atom is -0.436 e. The van der Waals surface area contributed by atoms with Gasteiger partial charge in [-0.05, 0) is 37.6 Å². The summed E-state index contributed by atoms with van der Waals surface area (Å²) in [7, 11) is 0. The molecule has 0 aliphatic heterocycles. The fraction of sp³-hybridized carbons (Fsp3) is 0.0909. The van der Waals surface area contributed by atoms with Crippen LogP contribution >= 0.6 is 0 Å². The fourth-order valence-corrected chi connectivity index (χ4v) is 3.39. The van der Waals surface area contributed by atoms with E-state index in [0.717, 1.165) is 27.5 Å². The molecule has 2 aromatic carbocycles. The lowest BCUT2D eigenvalue weighted by Gasteiger charge is -2.09. The first-order valence-corrected chi connectivity index (χ1v) is 8.99. The van der Waals surface area contributed by atoms with E-state index in [4.69, 9.17) is 4.74 Å². The van der Waals surface area contributed by atoms with Gasteiger partial charge >= 0.3 is 0 Å². The highest BCUT2D eigenvalue weighted by Crippen LogP contribution is 2.31. The number of aromatic nitrogens is 5. The van der Waals surface area contributed by atoms with E-state index in [1.54, 1.807) is 12.4 Å². The van der Waals surface area contributed by atoms with Gasteiger partial charge in [0.25, 0.3) is 0 Å². The molecule has 0 aliphatic carbocycles. The number of fused-ring (bicyclic) bond motifs is 2. The first-order valence-electron chi connectivity index (χ1n) is 8.99. The summed E-state index contributed by atoms with van der Waals surface area (Å²) < 4.78 is 7.96. The maximum absolute atomic E-state index is 6.14. The van der Waals surface area contributed by atoms with Crippen molar-refractivity contribution in [2.75, 3.05) is 0 Å². The molecule has 0 N–H and O–H groups in total. The maximum atomic E-state index is 6.14. The Morgan fingerprint density at radius 1 is 0.929 bits per heavy atom. The topological polar surface area (TPSA) is 65.7 Å². The van der Waals surface area contributed by atoms with Gasteiger partial charge in [0.15, 0.2) is 11.4 Å². The zero-order chi connectivity index (χ0) is 19.1. The van der Waals surface area contributed by atoms with E-state index < -0.39 is 0 Å². The second kappa shape index (κ2) is 6.42. The standard InChI is InChI=1S/C22H17N5O/c1-14-8-9-18(15(2)11-14)27-21-17(12-26-27)22(25-13-24-21)28-19-7-3-5-16-6-4-10-23-20(16)19/h3-13H,1-2H3. The van der Waals surface area contributed by atoms with E-state index >= 15 is 0 Å². The van der Waals surface area contributed by atoms with Crippen molar-refractivity contribution in [3.05, 3.63) is 78.4 Å². The molecule has 136 valence electrons. The van der Waals surface area contributed by atoms with Crippen molar-refractivity contribution in [2.45, 2.75) is 13.8 Å². The molecule has 6 nitrogen and oxygen atoms in total. The van der Waals surface area contributed by atoms with Crippen LogP contribution in [0.25, 0.3) is 27.6 Å². The average molecular weight is 367 g/mol. The third-order valence-electron chi connectivity index (χ3n) is 4.71. The van der Waals surface area contributed by atoms with E-state index in [1.165, 1.54) is 11.9 Å². The van der Waals surface area contributed by atoms with Crippen LogP contribution in [0.3, 0.4) is 0 Å². The molecule has 0 amide bonds. The summed E-state index contributed by atoms with van der Waals surface area (Å²) in [6.07, 6.45) is 4.99. The van der Waals surface area contributed by atoms with Crippen molar-refractivity contribution in [3.63, 3.8) is 0 Å². The molecule has 5 rings (SSSR count). The van der Waals surface area contributed by atoms with Crippen molar-refractivity contribution in [3.8, 4) is 17.3 Å². The van der Waals surface area contributed by atoms with Crippen molar-refractivity contribution in [2.24, 2.45) is 0 Å². The van der Waals surface area contributed by atoms with Gasteiger partial charge in [-0.3, -0.25) is 4.98 Å². The van der Waals surface area contributed by atoms with Crippen LogP contribution in [-0.4, -0.2) is 24.7 Å². The molecule has 0 radical (unpaired) electrons. The van der Waals surface area contributed by atoms with Crippen molar-refractivity contribution in [1.29, 1.82) is 0 Å². The molecule has 3 aromatic heterocycles. The van der Waals surface area contributed by atoms with Crippen LogP contribution in [0.2, 0.25) is 0 Å². The van der Waals surface area contributed by atoms with Gasteiger partial charge in [-0.25, -0.2) is 14.6 Å². The zero-order valence-electron chi connectivity index (χ0n) is 15.5. The highest BCUT2D eigenvalue weighted by atomic mass is 16.5. The Labute approximate surface area is 161 Å². The van der Waals surface area contributed by atoms with Crippen molar-refractivity contribution < 1.29 is 4.74 Å². The van der Waals surface area contributed by atoms with Crippen LogP contribution in [-0.2, 0) is 0 Å². The molecule has 0 aliphatic rings. The van der Waals surface area contributed by atoms with Gasteiger partial charge < -0.3 is 4.74 Å². The third-order valence-corrected chi connectivity index (χ3v) is 4.71. The summed E-state index contributed by atoms with van der Waals surface area (Å²) in [5.74, 6) is 1.11. The minimum absolute atomic E-state index is 0.458. The quantitative estimate of drug-likeness (QED) is 0.459. The van der Waals surface area contributed by atoms with E-state index in [9.17, 15) is 0 Å². The molecule has 0 spiro atoms.